The number of esters is 1. The fraction of sp³-hybridized carbons (Fsp3) is 0.471. The summed E-state index contributed by atoms with van der Waals surface area (Å²) in [5.41, 5.74) is 0.774. The SMILES string of the molecule is CCC(C)C(=O)NCC(=O)NC(CC(=O)OC)c1cccc(Br)c1. The van der Waals surface area contributed by atoms with E-state index in [2.05, 4.69) is 31.3 Å². The van der Waals surface area contributed by atoms with Gasteiger partial charge in [-0.25, -0.2) is 0 Å². The molecule has 0 aliphatic heterocycles. The zero-order chi connectivity index (χ0) is 18.1. The lowest BCUT2D eigenvalue weighted by Crippen LogP contribution is -2.40. The largest absolute Gasteiger partial charge is 0.469 e. The topological polar surface area (TPSA) is 84.5 Å². The first kappa shape index (κ1) is 20.2. The lowest BCUT2D eigenvalue weighted by molar-refractivity contribution is -0.141. The summed E-state index contributed by atoms with van der Waals surface area (Å²) in [6, 6.07) is 6.79. The van der Waals surface area contributed by atoms with Gasteiger partial charge in [0, 0.05) is 10.4 Å². The fourth-order valence-electron chi connectivity index (χ4n) is 2.00. The minimum absolute atomic E-state index is 0.0119. The molecule has 0 aromatic heterocycles. The molecular weight excluding hydrogens is 376 g/mol. The zero-order valence-electron chi connectivity index (χ0n) is 14.1. The van der Waals surface area contributed by atoms with Crippen molar-refractivity contribution in [2.45, 2.75) is 32.7 Å². The first-order chi connectivity index (χ1) is 11.4. The molecule has 2 atom stereocenters. The van der Waals surface area contributed by atoms with Crippen LogP contribution in [0.3, 0.4) is 0 Å². The van der Waals surface area contributed by atoms with E-state index in [1.165, 1.54) is 7.11 Å². The van der Waals surface area contributed by atoms with Gasteiger partial charge in [0.1, 0.15) is 0 Å². The van der Waals surface area contributed by atoms with Gasteiger partial charge < -0.3 is 15.4 Å². The van der Waals surface area contributed by atoms with Crippen molar-refractivity contribution in [3.63, 3.8) is 0 Å². The van der Waals surface area contributed by atoms with Crippen molar-refractivity contribution in [3.05, 3.63) is 34.3 Å². The molecule has 7 heteroatoms. The molecule has 0 fully saturated rings. The van der Waals surface area contributed by atoms with Crippen molar-refractivity contribution >= 4 is 33.7 Å². The fourth-order valence-corrected chi connectivity index (χ4v) is 2.41. The number of carbonyl (C=O) groups is 3. The molecule has 0 spiro atoms. The van der Waals surface area contributed by atoms with Crippen molar-refractivity contribution in [2.24, 2.45) is 5.92 Å². The van der Waals surface area contributed by atoms with Gasteiger partial charge in [-0.3, -0.25) is 14.4 Å². The van der Waals surface area contributed by atoms with Crippen LogP contribution in [0.15, 0.2) is 28.7 Å². The number of carbonyl (C=O) groups excluding carboxylic acids is 3. The number of hydrogen-bond acceptors (Lipinski definition) is 4. The summed E-state index contributed by atoms with van der Waals surface area (Å²) >= 11 is 3.37. The van der Waals surface area contributed by atoms with Crippen LogP contribution in [0, 0.1) is 5.92 Å². The third kappa shape index (κ3) is 6.70. The number of ether oxygens (including phenoxy) is 1. The van der Waals surface area contributed by atoms with Crippen LogP contribution in [-0.2, 0) is 19.1 Å². The molecule has 0 saturated carbocycles. The van der Waals surface area contributed by atoms with E-state index in [-0.39, 0.29) is 30.7 Å². The second-order valence-corrected chi connectivity index (χ2v) is 6.40. The van der Waals surface area contributed by atoms with Crippen LogP contribution < -0.4 is 10.6 Å². The highest BCUT2D eigenvalue weighted by Crippen LogP contribution is 2.21. The van der Waals surface area contributed by atoms with Gasteiger partial charge in [-0.05, 0) is 24.1 Å². The van der Waals surface area contributed by atoms with Crippen molar-refractivity contribution in [1.29, 1.82) is 0 Å². The predicted molar refractivity (Wildman–Crippen MR) is 94.1 cm³/mol. The second kappa shape index (κ2) is 10.1. The van der Waals surface area contributed by atoms with E-state index in [1.807, 2.05) is 31.2 Å². The van der Waals surface area contributed by atoms with Gasteiger partial charge >= 0.3 is 5.97 Å². The summed E-state index contributed by atoms with van der Waals surface area (Å²) in [6.07, 6.45) is 0.717. The Bertz CT molecular complexity index is 592. The minimum Gasteiger partial charge on any atom is -0.469 e. The standard InChI is InChI=1S/C17H23BrN2O4/c1-4-11(2)17(23)19-10-15(21)20-14(9-16(22)24-3)12-6-5-7-13(18)8-12/h5-8,11,14H,4,9-10H2,1-3H3,(H,19,23)(H,20,21). The number of nitrogens with one attached hydrogen (secondary N) is 2. The van der Waals surface area contributed by atoms with E-state index in [4.69, 9.17) is 0 Å². The molecule has 1 aromatic rings. The minimum atomic E-state index is -0.525. The maximum Gasteiger partial charge on any atom is 0.307 e. The normalized spacial score (nSPS) is 12.8. The van der Waals surface area contributed by atoms with Crippen LogP contribution in [-0.4, -0.2) is 31.4 Å². The van der Waals surface area contributed by atoms with E-state index in [9.17, 15) is 14.4 Å². The lowest BCUT2D eigenvalue weighted by atomic mass is 10.0. The summed E-state index contributed by atoms with van der Waals surface area (Å²) in [5, 5.41) is 5.35. The van der Waals surface area contributed by atoms with Crippen LogP contribution >= 0.6 is 15.9 Å². The summed E-state index contributed by atoms with van der Waals surface area (Å²) in [4.78, 5) is 35.4. The summed E-state index contributed by atoms with van der Waals surface area (Å²) < 4.78 is 5.53. The molecule has 0 bridgehead atoms. The highest BCUT2D eigenvalue weighted by atomic mass is 79.9. The molecule has 0 saturated heterocycles. The molecular formula is C17H23BrN2O4. The van der Waals surface area contributed by atoms with E-state index >= 15 is 0 Å². The Morgan fingerprint density at radius 1 is 1.29 bits per heavy atom. The van der Waals surface area contributed by atoms with Crippen molar-refractivity contribution in [1.82, 2.24) is 10.6 Å². The summed E-state index contributed by atoms with van der Waals surface area (Å²) in [5.74, 6) is -1.10. The van der Waals surface area contributed by atoms with Crippen LogP contribution in [0.2, 0.25) is 0 Å². The van der Waals surface area contributed by atoms with Gasteiger partial charge in [0.15, 0.2) is 0 Å². The van der Waals surface area contributed by atoms with Crippen LogP contribution in [0.4, 0.5) is 0 Å². The molecule has 0 radical (unpaired) electrons. The Balaban J connectivity index is 2.72. The van der Waals surface area contributed by atoms with E-state index in [1.54, 1.807) is 6.92 Å². The highest BCUT2D eigenvalue weighted by molar-refractivity contribution is 9.10. The van der Waals surface area contributed by atoms with Gasteiger partial charge in [0.05, 0.1) is 26.1 Å². The number of rotatable bonds is 8. The van der Waals surface area contributed by atoms with Crippen LogP contribution in [0.25, 0.3) is 0 Å². The quantitative estimate of drug-likeness (QED) is 0.658. The molecule has 0 aliphatic rings. The maximum absolute atomic E-state index is 12.1. The average molecular weight is 399 g/mol. The summed E-state index contributed by atoms with van der Waals surface area (Å²) in [7, 11) is 1.30. The van der Waals surface area contributed by atoms with Gasteiger partial charge in [-0.1, -0.05) is 41.9 Å². The Morgan fingerprint density at radius 3 is 2.58 bits per heavy atom. The van der Waals surface area contributed by atoms with Gasteiger partial charge in [-0.2, -0.15) is 0 Å². The van der Waals surface area contributed by atoms with E-state index in [0.29, 0.717) is 6.42 Å². The highest BCUT2D eigenvalue weighted by Gasteiger charge is 2.20. The molecule has 0 heterocycles. The van der Waals surface area contributed by atoms with Gasteiger partial charge in [-0.15, -0.1) is 0 Å². The molecule has 1 aromatic carbocycles. The lowest BCUT2D eigenvalue weighted by Gasteiger charge is -2.19. The molecule has 132 valence electrons. The molecule has 2 amide bonds. The smallest absolute Gasteiger partial charge is 0.307 e. The Hall–Kier alpha value is -1.89. The van der Waals surface area contributed by atoms with Crippen molar-refractivity contribution in [3.8, 4) is 0 Å². The van der Waals surface area contributed by atoms with E-state index in [0.717, 1.165) is 10.0 Å². The molecule has 6 nitrogen and oxygen atoms in total. The molecule has 1 rings (SSSR count). The Labute approximate surface area is 150 Å². The third-order valence-electron chi connectivity index (χ3n) is 3.67. The Morgan fingerprint density at radius 2 is 2.00 bits per heavy atom. The molecule has 2 N–H and O–H groups in total. The molecule has 2 unspecified atom stereocenters. The first-order valence-corrected chi connectivity index (χ1v) is 8.56. The molecule has 24 heavy (non-hydrogen) atoms. The number of amides is 2. The zero-order valence-corrected chi connectivity index (χ0v) is 15.7. The first-order valence-electron chi connectivity index (χ1n) is 7.76. The Kier molecular flexibility index (Phi) is 8.46. The van der Waals surface area contributed by atoms with Gasteiger partial charge in [0.25, 0.3) is 0 Å². The summed E-state index contributed by atoms with van der Waals surface area (Å²) in [6.45, 7) is 3.58. The number of halogens is 1. The monoisotopic (exact) mass is 398 g/mol. The van der Waals surface area contributed by atoms with Crippen molar-refractivity contribution < 1.29 is 19.1 Å². The second-order valence-electron chi connectivity index (χ2n) is 5.48. The number of methoxy groups -OCH3 is 1. The van der Waals surface area contributed by atoms with Gasteiger partial charge in [0.2, 0.25) is 11.8 Å². The van der Waals surface area contributed by atoms with Crippen molar-refractivity contribution in [2.75, 3.05) is 13.7 Å². The van der Waals surface area contributed by atoms with Crippen LogP contribution in [0.5, 0.6) is 0 Å². The number of benzene rings is 1. The maximum atomic E-state index is 12.1. The predicted octanol–water partition coefficient (Wildman–Crippen LogP) is 2.33. The van der Waals surface area contributed by atoms with Crippen LogP contribution in [0.1, 0.15) is 38.3 Å². The molecule has 0 aliphatic carbocycles. The van der Waals surface area contributed by atoms with E-state index < -0.39 is 12.0 Å². The third-order valence-corrected chi connectivity index (χ3v) is 4.16. The number of hydrogen-bond donors (Lipinski definition) is 2. The average Bonchev–Trinajstić information content (AvgIpc) is 2.58.